The minimum atomic E-state index is -0.710. The molecule has 1 aliphatic rings. The van der Waals surface area contributed by atoms with Crippen LogP contribution in [0.25, 0.3) is 0 Å². The van der Waals surface area contributed by atoms with Crippen LogP contribution in [-0.2, 0) is 9.53 Å². The third-order valence-corrected chi connectivity index (χ3v) is 5.24. The van der Waals surface area contributed by atoms with Crippen molar-refractivity contribution in [1.82, 2.24) is 0 Å². The second-order valence-corrected chi connectivity index (χ2v) is 7.17. The van der Waals surface area contributed by atoms with Gasteiger partial charge in [-0.15, -0.1) is 11.8 Å². The minimum Gasteiger partial charge on any atom is -0.481 e. The molecule has 1 N–H and O–H groups in total. The number of hydrogen-bond acceptors (Lipinski definition) is 3. The number of carboxylic acids is 1. The van der Waals surface area contributed by atoms with Crippen LogP contribution in [0.3, 0.4) is 0 Å². The van der Waals surface area contributed by atoms with E-state index in [2.05, 4.69) is 36.4 Å². The maximum absolute atomic E-state index is 10.4. The van der Waals surface area contributed by atoms with Crippen LogP contribution in [0.4, 0.5) is 0 Å². The van der Waals surface area contributed by atoms with E-state index in [0.717, 1.165) is 38.2 Å². The lowest BCUT2D eigenvalue weighted by Crippen LogP contribution is -2.12. The third-order valence-electron chi connectivity index (χ3n) is 4.20. The van der Waals surface area contributed by atoms with Crippen molar-refractivity contribution in [2.24, 2.45) is 11.8 Å². The Balaban J connectivity index is 1.62. The molecule has 3 nitrogen and oxygen atoms in total. The zero-order valence-electron chi connectivity index (χ0n) is 13.5. The van der Waals surface area contributed by atoms with Crippen LogP contribution in [0.15, 0.2) is 47.4 Å². The van der Waals surface area contributed by atoms with Crippen LogP contribution in [0.1, 0.15) is 32.1 Å². The standard InChI is InChI=1S/C19H26O3S/c20-19(21)11-7-2-1-4-8-16-14-22-15-17(16)12-13-23-18-9-5-3-6-10-18/h1,3-6,9-10,16-17H,2,7-8,11-15H2,(H,20,21)/b4-1-/t16-,17+/m0/s1. The average Bonchev–Trinajstić information content (AvgIpc) is 2.99. The summed E-state index contributed by atoms with van der Waals surface area (Å²) >= 11 is 1.92. The molecule has 0 bridgehead atoms. The number of aliphatic carboxylic acids is 1. The van der Waals surface area contributed by atoms with Crippen LogP contribution in [-0.4, -0.2) is 30.0 Å². The Kier molecular flexibility index (Phi) is 8.26. The topological polar surface area (TPSA) is 46.5 Å². The number of ether oxygens (including phenoxy) is 1. The summed E-state index contributed by atoms with van der Waals surface area (Å²) in [5.41, 5.74) is 0. The highest BCUT2D eigenvalue weighted by atomic mass is 32.2. The van der Waals surface area contributed by atoms with E-state index in [1.54, 1.807) is 0 Å². The molecule has 1 aromatic rings. The highest BCUT2D eigenvalue weighted by Gasteiger charge is 2.26. The number of carboxylic acid groups (broad SMARTS) is 1. The van der Waals surface area contributed by atoms with Gasteiger partial charge in [0.1, 0.15) is 0 Å². The number of thioether (sulfide) groups is 1. The van der Waals surface area contributed by atoms with Gasteiger partial charge in [0.05, 0.1) is 6.61 Å². The van der Waals surface area contributed by atoms with Crippen molar-refractivity contribution in [2.45, 2.75) is 37.0 Å². The van der Waals surface area contributed by atoms with Crippen LogP contribution >= 0.6 is 11.8 Å². The first-order valence-corrected chi connectivity index (χ1v) is 9.36. The number of allylic oxidation sites excluding steroid dienone is 2. The average molecular weight is 334 g/mol. The van der Waals surface area contributed by atoms with Crippen LogP contribution in [0, 0.1) is 11.8 Å². The summed E-state index contributed by atoms with van der Waals surface area (Å²) in [6.45, 7) is 1.74. The Morgan fingerprint density at radius 2 is 2.00 bits per heavy atom. The van der Waals surface area contributed by atoms with Gasteiger partial charge in [-0.05, 0) is 55.4 Å². The molecule has 1 heterocycles. The molecule has 0 aromatic heterocycles. The molecule has 2 atom stereocenters. The van der Waals surface area contributed by atoms with E-state index in [0.29, 0.717) is 11.8 Å². The van der Waals surface area contributed by atoms with E-state index in [9.17, 15) is 4.79 Å². The molecule has 0 saturated carbocycles. The molecular formula is C19H26O3S. The lowest BCUT2D eigenvalue weighted by atomic mass is 9.90. The molecule has 0 aliphatic carbocycles. The molecule has 126 valence electrons. The molecule has 1 fully saturated rings. The fourth-order valence-electron chi connectivity index (χ4n) is 2.83. The number of benzene rings is 1. The molecule has 1 aliphatic heterocycles. The van der Waals surface area contributed by atoms with Gasteiger partial charge in [-0.3, -0.25) is 4.79 Å². The second kappa shape index (κ2) is 10.5. The van der Waals surface area contributed by atoms with Gasteiger partial charge in [-0.25, -0.2) is 0 Å². The molecule has 0 radical (unpaired) electrons. The van der Waals surface area contributed by atoms with Crippen molar-refractivity contribution >= 4 is 17.7 Å². The summed E-state index contributed by atoms with van der Waals surface area (Å²) in [6, 6.07) is 10.5. The molecule has 1 aromatic carbocycles. The number of unbranched alkanes of at least 4 members (excludes halogenated alkanes) is 1. The van der Waals surface area contributed by atoms with Crippen molar-refractivity contribution in [3.63, 3.8) is 0 Å². The molecule has 0 spiro atoms. The predicted octanol–water partition coefficient (Wildman–Crippen LogP) is 4.63. The summed E-state index contributed by atoms with van der Waals surface area (Å²) < 4.78 is 5.66. The lowest BCUT2D eigenvalue weighted by molar-refractivity contribution is -0.137. The van der Waals surface area contributed by atoms with E-state index in [1.165, 1.54) is 11.3 Å². The maximum atomic E-state index is 10.4. The zero-order valence-corrected chi connectivity index (χ0v) is 14.3. The smallest absolute Gasteiger partial charge is 0.303 e. The Morgan fingerprint density at radius 1 is 1.22 bits per heavy atom. The van der Waals surface area contributed by atoms with Gasteiger partial charge < -0.3 is 9.84 Å². The third kappa shape index (κ3) is 7.23. The molecule has 4 heteroatoms. The van der Waals surface area contributed by atoms with Crippen molar-refractivity contribution in [2.75, 3.05) is 19.0 Å². The number of hydrogen-bond donors (Lipinski definition) is 1. The Hall–Kier alpha value is -1.26. The Labute approximate surface area is 143 Å². The van der Waals surface area contributed by atoms with Gasteiger partial charge in [0.2, 0.25) is 0 Å². The summed E-state index contributed by atoms with van der Waals surface area (Å²) in [5.74, 6) is 1.69. The highest BCUT2D eigenvalue weighted by Crippen LogP contribution is 2.30. The molecule has 2 rings (SSSR count). The maximum Gasteiger partial charge on any atom is 0.303 e. The predicted molar refractivity (Wildman–Crippen MR) is 94.8 cm³/mol. The fourth-order valence-corrected chi connectivity index (χ4v) is 3.83. The van der Waals surface area contributed by atoms with Crippen LogP contribution < -0.4 is 0 Å². The zero-order chi connectivity index (χ0) is 16.3. The molecular weight excluding hydrogens is 308 g/mol. The van der Waals surface area contributed by atoms with E-state index in [-0.39, 0.29) is 6.42 Å². The van der Waals surface area contributed by atoms with E-state index in [4.69, 9.17) is 9.84 Å². The number of rotatable bonds is 10. The quantitative estimate of drug-likeness (QED) is 0.385. The van der Waals surface area contributed by atoms with Gasteiger partial charge in [-0.1, -0.05) is 30.4 Å². The van der Waals surface area contributed by atoms with Gasteiger partial charge in [0, 0.05) is 17.9 Å². The summed E-state index contributed by atoms with van der Waals surface area (Å²) in [7, 11) is 0. The first-order chi connectivity index (χ1) is 11.3. The van der Waals surface area contributed by atoms with Crippen molar-refractivity contribution in [1.29, 1.82) is 0 Å². The van der Waals surface area contributed by atoms with Crippen molar-refractivity contribution in [3.05, 3.63) is 42.5 Å². The Bertz CT molecular complexity index is 487. The van der Waals surface area contributed by atoms with E-state index >= 15 is 0 Å². The molecule has 1 saturated heterocycles. The first kappa shape index (κ1) is 18.1. The van der Waals surface area contributed by atoms with Gasteiger partial charge in [-0.2, -0.15) is 0 Å². The van der Waals surface area contributed by atoms with Crippen molar-refractivity contribution < 1.29 is 14.6 Å². The summed E-state index contributed by atoms with van der Waals surface area (Å²) in [6.07, 6.45) is 8.41. The highest BCUT2D eigenvalue weighted by molar-refractivity contribution is 7.99. The summed E-state index contributed by atoms with van der Waals surface area (Å²) in [5, 5.41) is 8.60. The fraction of sp³-hybridized carbons (Fsp3) is 0.526. The first-order valence-electron chi connectivity index (χ1n) is 8.38. The normalized spacial score (nSPS) is 21.0. The van der Waals surface area contributed by atoms with Gasteiger partial charge in [0.25, 0.3) is 0 Å². The lowest BCUT2D eigenvalue weighted by Gasteiger charge is -2.15. The van der Waals surface area contributed by atoms with Gasteiger partial charge >= 0.3 is 5.97 Å². The monoisotopic (exact) mass is 334 g/mol. The SMILES string of the molecule is O=C(O)CCC/C=C\C[C@H]1COC[C@H]1CCSc1ccccc1. The molecule has 0 amide bonds. The second-order valence-electron chi connectivity index (χ2n) is 6.00. The Morgan fingerprint density at radius 3 is 2.78 bits per heavy atom. The van der Waals surface area contributed by atoms with E-state index < -0.39 is 5.97 Å². The van der Waals surface area contributed by atoms with E-state index in [1.807, 2.05) is 17.8 Å². The largest absolute Gasteiger partial charge is 0.481 e. The summed E-state index contributed by atoms with van der Waals surface area (Å²) in [4.78, 5) is 11.8. The van der Waals surface area contributed by atoms with Crippen LogP contribution in [0.5, 0.6) is 0 Å². The van der Waals surface area contributed by atoms with Crippen LogP contribution in [0.2, 0.25) is 0 Å². The van der Waals surface area contributed by atoms with Crippen molar-refractivity contribution in [3.8, 4) is 0 Å². The number of carbonyl (C=O) groups is 1. The molecule has 0 unspecified atom stereocenters. The van der Waals surface area contributed by atoms with Gasteiger partial charge in [0.15, 0.2) is 0 Å². The minimum absolute atomic E-state index is 0.260. The molecule has 23 heavy (non-hydrogen) atoms.